The van der Waals surface area contributed by atoms with Crippen molar-refractivity contribution in [2.75, 3.05) is 0 Å². The first-order chi connectivity index (χ1) is 8.77. The Morgan fingerprint density at radius 1 is 1.06 bits per heavy atom. The van der Waals surface area contributed by atoms with Crippen molar-refractivity contribution in [2.45, 2.75) is 0 Å². The highest BCUT2D eigenvalue weighted by Crippen LogP contribution is 2.23. The van der Waals surface area contributed by atoms with Crippen molar-refractivity contribution in [2.24, 2.45) is 0 Å². The minimum Gasteiger partial charge on any atom is -0.266 e. The lowest BCUT2D eigenvalue weighted by Crippen LogP contribution is -2.19. The van der Waals surface area contributed by atoms with E-state index in [1.54, 1.807) is 18.3 Å². The standard InChI is InChI=1S/C13H8BrN3O/c14-11-12(9-5-2-1-3-6-9)16-10-7-4-8-15-17(10)13(11)18/h1-8H. The molecule has 0 atom stereocenters. The molecule has 3 rings (SSSR count). The van der Waals surface area contributed by atoms with Gasteiger partial charge < -0.3 is 0 Å². The largest absolute Gasteiger partial charge is 0.289 e. The molecule has 0 amide bonds. The lowest BCUT2D eigenvalue weighted by atomic mass is 10.1. The van der Waals surface area contributed by atoms with Crippen molar-refractivity contribution in [3.05, 3.63) is 63.5 Å². The number of hydrogen-bond donors (Lipinski definition) is 0. The second-order valence-corrected chi connectivity index (χ2v) is 4.53. The summed E-state index contributed by atoms with van der Waals surface area (Å²) < 4.78 is 1.70. The second-order valence-electron chi connectivity index (χ2n) is 3.74. The van der Waals surface area contributed by atoms with Crippen LogP contribution in [0, 0.1) is 0 Å². The van der Waals surface area contributed by atoms with E-state index in [-0.39, 0.29) is 5.56 Å². The van der Waals surface area contributed by atoms with Gasteiger partial charge in [0.2, 0.25) is 0 Å². The number of halogens is 1. The molecule has 3 aromatic rings. The zero-order valence-corrected chi connectivity index (χ0v) is 10.8. The number of aromatic nitrogens is 3. The predicted octanol–water partition coefficient (Wildman–Crippen LogP) is 2.52. The van der Waals surface area contributed by atoms with Crippen molar-refractivity contribution < 1.29 is 0 Å². The Kier molecular flexibility index (Phi) is 2.68. The molecule has 2 aromatic heterocycles. The van der Waals surface area contributed by atoms with Crippen LogP contribution in [0.5, 0.6) is 0 Å². The summed E-state index contributed by atoms with van der Waals surface area (Å²) in [4.78, 5) is 16.6. The van der Waals surface area contributed by atoms with Gasteiger partial charge in [-0.3, -0.25) is 4.79 Å². The Bertz CT molecular complexity index is 768. The smallest absolute Gasteiger partial charge is 0.266 e. The topological polar surface area (TPSA) is 47.3 Å². The summed E-state index contributed by atoms with van der Waals surface area (Å²) in [6, 6.07) is 13.1. The van der Waals surface area contributed by atoms with Crippen molar-refractivity contribution in [1.29, 1.82) is 0 Å². The number of rotatable bonds is 1. The average molecular weight is 302 g/mol. The highest BCUT2D eigenvalue weighted by molar-refractivity contribution is 9.10. The Morgan fingerprint density at radius 2 is 1.83 bits per heavy atom. The zero-order chi connectivity index (χ0) is 12.5. The molecule has 0 aliphatic rings. The maximum Gasteiger partial charge on any atom is 0.289 e. The summed E-state index contributed by atoms with van der Waals surface area (Å²) in [5.74, 6) is 0. The van der Waals surface area contributed by atoms with Crippen LogP contribution in [0.15, 0.2) is 57.9 Å². The first kappa shape index (κ1) is 11.1. The van der Waals surface area contributed by atoms with Crippen LogP contribution in [0.1, 0.15) is 0 Å². The number of nitrogens with zero attached hydrogens (tertiary/aromatic N) is 3. The molecule has 2 heterocycles. The molecule has 1 aromatic carbocycles. The summed E-state index contributed by atoms with van der Waals surface area (Å²) in [5, 5.41) is 3.99. The molecule has 0 unspecified atom stereocenters. The zero-order valence-electron chi connectivity index (χ0n) is 9.25. The number of fused-ring (bicyclic) bond motifs is 1. The van der Waals surface area contributed by atoms with Gasteiger partial charge in [0, 0.05) is 11.8 Å². The lowest BCUT2D eigenvalue weighted by Gasteiger charge is -2.05. The third-order valence-electron chi connectivity index (χ3n) is 2.59. The molecule has 0 radical (unpaired) electrons. The predicted molar refractivity (Wildman–Crippen MR) is 72.4 cm³/mol. The second kappa shape index (κ2) is 4.34. The fraction of sp³-hybridized carbons (Fsp3) is 0. The van der Waals surface area contributed by atoms with E-state index >= 15 is 0 Å². The third kappa shape index (κ3) is 1.73. The van der Waals surface area contributed by atoms with E-state index in [4.69, 9.17) is 0 Å². The summed E-state index contributed by atoms with van der Waals surface area (Å²) in [6.45, 7) is 0. The van der Waals surface area contributed by atoms with Gasteiger partial charge in [-0.05, 0) is 28.1 Å². The Morgan fingerprint density at radius 3 is 2.61 bits per heavy atom. The van der Waals surface area contributed by atoms with E-state index in [0.29, 0.717) is 15.8 Å². The Balaban J connectivity index is 2.38. The molecule has 88 valence electrons. The fourth-order valence-electron chi connectivity index (χ4n) is 1.75. The quantitative estimate of drug-likeness (QED) is 0.694. The fourth-order valence-corrected chi connectivity index (χ4v) is 2.24. The molecule has 0 fully saturated rings. The molecule has 18 heavy (non-hydrogen) atoms. The summed E-state index contributed by atoms with van der Waals surface area (Å²) >= 11 is 3.30. The van der Waals surface area contributed by atoms with E-state index in [9.17, 15) is 4.79 Å². The van der Waals surface area contributed by atoms with Crippen LogP contribution in [0.25, 0.3) is 16.9 Å². The SMILES string of the molecule is O=c1c(Br)c(-c2ccccc2)nc2cccnn12. The normalized spacial score (nSPS) is 10.7. The van der Waals surface area contributed by atoms with Crippen LogP contribution in [0.3, 0.4) is 0 Å². The van der Waals surface area contributed by atoms with Crippen molar-refractivity contribution in [3.63, 3.8) is 0 Å². The summed E-state index contributed by atoms with van der Waals surface area (Å²) in [5.41, 5.74) is 1.85. The van der Waals surface area contributed by atoms with E-state index in [1.165, 1.54) is 4.52 Å². The van der Waals surface area contributed by atoms with Crippen LogP contribution in [-0.2, 0) is 0 Å². The maximum absolute atomic E-state index is 12.1. The van der Waals surface area contributed by atoms with E-state index in [0.717, 1.165) is 5.56 Å². The lowest BCUT2D eigenvalue weighted by molar-refractivity contribution is 0.861. The van der Waals surface area contributed by atoms with Crippen LogP contribution in [-0.4, -0.2) is 14.6 Å². The van der Waals surface area contributed by atoms with Crippen molar-refractivity contribution >= 4 is 21.6 Å². The Labute approximate surface area is 111 Å². The molecule has 0 saturated carbocycles. The number of benzene rings is 1. The van der Waals surface area contributed by atoms with E-state index in [2.05, 4.69) is 26.0 Å². The van der Waals surface area contributed by atoms with Crippen LogP contribution in [0.2, 0.25) is 0 Å². The average Bonchev–Trinajstić information content (AvgIpc) is 2.44. The van der Waals surface area contributed by atoms with Gasteiger partial charge in [-0.1, -0.05) is 30.3 Å². The molecule has 0 N–H and O–H groups in total. The molecule has 0 spiro atoms. The van der Waals surface area contributed by atoms with Gasteiger partial charge in [0.25, 0.3) is 5.56 Å². The van der Waals surface area contributed by atoms with Crippen LogP contribution >= 0.6 is 15.9 Å². The molecule has 0 saturated heterocycles. The molecule has 0 aliphatic heterocycles. The highest BCUT2D eigenvalue weighted by Gasteiger charge is 2.11. The first-order valence-electron chi connectivity index (χ1n) is 5.36. The van der Waals surface area contributed by atoms with Gasteiger partial charge in [0.1, 0.15) is 4.47 Å². The first-order valence-corrected chi connectivity index (χ1v) is 6.15. The van der Waals surface area contributed by atoms with Gasteiger partial charge in [-0.2, -0.15) is 9.61 Å². The van der Waals surface area contributed by atoms with Crippen molar-refractivity contribution in [3.8, 4) is 11.3 Å². The van der Waals surface area contributed by atoms with Crippen molar-refractivity contribution in [1.82, 2.24) is 14.6 Å². The monoisotopic (exact) mass is 301 g/mol. The minimum atomic E-state index is -0.209. The van der Waals surface area contributed by atoms with Gasteiger partial charge in [0.05, 0.1) is 5.69 Å². The van der Waals surface area contributed by atoms with Gasteiger partial charge in [-0.25, -0.2) is 4.98 Å². The molecule has 0 aliphatic carbocycles. The maximum atomic E-state index is 12.1. The molecule has 0 bridgehead atoms. The molecular weight excluding hydrogens is 294 g/mol. The molecule has 4 nitrogen and oxygen atoms in total. The highest BCUT2D eigenvalue weighted by atomic mass is 79.9. The Hall–Kier alpha value is -2.01. The molecular formula is C13H8BrN3O. The van der Waals surface area contributed by atoms with Gasteiger partial charge in [0.15, 0.2) is 5.65 Å². The van der Waals surface area contributed by atoms with Gasteiger partial charge in [-0.15, -0.1) is 0 Å². The summed E-state index contributed by atoms with van der Waals surface area (Å²) in [6.07, 6.45) is 1.56. The van der Waals surface area contributed by atoms with E-state index < -0.39 is 0 Å². The van der Waals surface area contributed by atoms with Crippen LogP contribution in [0.4, 0.5) is 0 Å². The minimum absolute atomic E-state index is 0.209. The third-order valence-corrected chi connectivity index (χ3v) is 3.31. The molecule has 5 heteroatoms. The van der Waals surface area contributed by atoms with Crippen LogP contribution < -0.4 is 5.56 Å². The summed E-state index contributed by atoms with van der Waals surface area (Å²) in [7, 11) is 0. The van der Waals surface area contributed by atoms with E-state index in [1.807, 2.05) is 30.3 Å². The number of hydrogen-bond acceptors (Lipinski definition) is 3. The van der Waals surface area contributed by atoms with Gasteiger partial charge >= 0.3 is 0 Å².